The van der Waals surface area contributed by atoms with Gasteiger partial charge in [-0.3, -0.25) is 0 Å². The van der Waals surface area contributed by atoms with Crippen molar-refractivity contribution in [2.24, 2.45) is 11.8 Å². The van der Waals surface area contributed by atoms with Crippen LogP contribution in [0.3, 0.4) is 0 Å². The molecular formula is C11H21NO. The van der Waals surface area contributed by atoms with Crippen LogP contribution in [0.5, 0.6) is 0 Å². The van der Waals surface area contributed by atoms with E-state index in [2.05, 4.69) is 12.2 Å². The number of hydrogen-bond acceptors (Lipinski definition) is 2. The van der Waals surface area contributed by atoms with Gasteiger partial charge in [0.25, 0.3) is 0 Å². The quantitative estimate of drug-likeness (QED) is 0.701. The molecule has 0 radical (unpaired) electrons. The van der Waals surface area contributed by atoms with Gasteiger partial charge < -0.3 is 10.1 Å². The van der Waals surface area contributed by atoms with Crippen molar-refractivity contribution < 1.29 is 4.74 Å². The molecule has 2 rings (SSSR count). The van der Waals surface area contributed by atoms with Crippen LogP contribution in [0.25, 0.3) is 0 Å². The van der Waals surface area contributed by atoms with Gasteiger partial charge in [-0.1, -0.05) is 6.92 Å². The molecule has 0 aromatic carbocycles. The van der Waals surface area contributed by atoms with Crippen molar-refractivity contribution in [1.82, 2.24) is 5.32 Å². The summed E-state index contributed by atoms with van der Waals surface area (Å²) in [6.45, 7) is 3.59. The molecule has 1 unspecified atom stereocenters. The molecule has 1 atom stereocenters. The second kappa shape index (κ2) is 3.97. The third-order valence-corrected chi connectivity index (χ3v) is 3.58. The fourth-order valence-corrected chi connectivity index (χ4v) is 2.11. The number of rotatable bonds is 5. The predicted molar refractivity (Wildman–Crippen MR) is 53.7 cm³/mol. The smallest absolute Gasteiger partial charge is 0.0601 e. The average Bonchev–Trinajstić information content (AvgIpc) is 2.83. The number of ether oxygens (including phenoxy) is 1. The van der Waals surface area contributed by atoms with Gasteiger partial charge in [-0.15, -0.1) is 0 Å². The Balaban J connectivity index is 1.53. The third kappa shape index (κ3) is 2.44. The van der Waals surface area contributed by atoms with Crippen molar-refractivity contribution in [3.8, 4) is 0 Å². The average molecular weight is 183 g/mol. The standard InChI is InChI=1S/C11H21NO/c1-8(9-3-4-9)7-12-10-5-11(6-10)13-2/h8-12H,3-7H2,1-2H3. The summed E-state index contributed by atoms with van der Waals surface area (Å²) in [6, 6.07) is 0.742. The molecule has 76 valence electrons. The van der Waals surface area contributed by atoms with Crippen molar-refractivity contribution >= 4 is 0 Å². The predicted octanol–water partition coefficient (Wildman–Crippen LogP) is 1.80. The molecule has 0 aromatic heterocycles. The SMILES string of the molecule is COC1CC(NCC(C)C2CC2)C1. The van der Waals surface area contributed by atoms with Gasteiger partial charge in [0.1, 0.15) is 0 Å². The van der Waals surface area contributed by atoms with E-state index in [-0.39, 0.29) is 0 Å². The van der Waals surface area contributed by atoms with E-state index in [0.717, 1.165) is 17.9 Å². The molecule has 0 spiro atoms. The third-order valence-electron chi connectivity index (χ3n) is 3.58. The molecule has 13 heavy (non-hydrogen) atoms. The maximum absolute atomic E-state index is 5.24. The van der Waals surface area contributed by atoms with Gasteiger partial charge in [0, 0.05) is 13.2 Å². The highest BCUT2D eigenvalue weighted by atomic mass is 16.5. The zero-order valence-corrected chi connectivity index (χ0v) is 8.75. The number of methoxy groups -OCH3 is 1. The van der Waals surface area contributed by atoms with E-state index in [4.69, 9.17) is 4.74 Å². The van der Waals surface area contributed by atoms with Gasteiger partial charge in [-0.05, 0) is 44.1 Å². The van der Waals surface area contributed by atoms with Crippen LogP contribution in [0.4, 0.5) is 0 Å². The Morgan fingerprint density at radius 3 is 2.62 bits per heavy atom. The minimum Gasteiger partial charge on any atom is -0.381 e. The van der Waals surface area contributed by atoms with E-state index in [1.54, 1.807) is 0 Å². The largest absolute Gasteiger partial charge is 0.381 e. The molecule has 0 bridgehead atoms. The first-order valence-corrected chi connectivity index (χ1v) is 5.55. The van der Waals surface area contributed by atoms with Crippen molar-refractivity contribution in [3.05, 3.63) is 0 Å². The molecule has 1 N–H and O–H groups in total. The molecular weight excluding hydrogens is 162 g/mol. The summed E-state index contributed by atoms with van der Waals surface area (Å²) in [7, 11) is 1.81. The van der Waals surface area contributed by atoms with E-state index in [1.807, 2.05) is 7.11 Å². The Hall–Kier alpha value is -0.0800. The number of nitrogens with one attached hydrogen (secondary N) is 1. The van der Waals surface area contributed by atoms with Gasteiger partial charge in [0.2, 0.25) is 0 Å². The van der Waals surface area contributed by atoms with Crippen molar-refractivity contribution in [1.29, 1.82) is 0 Å². The summed E-state index contributed by atoms with van der Waals surface area (Å²) in [5.41, 5.74) is 0. The van der Waals surface area contributed by atoms with Gasteiger partial charge in [0.15, 0.2) is 0 Å². The van der Waals surface area contributed by atoms with E-state index >= 15 is 0 Å². The van der Waals surface area contributed by atoms with Crippen LogP contribution in [-0.2, 0) is 4.74 Å². The zero-order chi connectivity index (χ0) is 9.26. The Morgan fingerprint density at radius 2 is 2.08 bits per heavy atom. The van der Waals surface area contributed by atoms with Gasteiger partial charge >= 0.3 is 0 Å². The molecule has 0 amide bonds. The maximum Gasteiger partial charge on any atom is 0.0601 e. The van der Waals surface area contributed by atoms with Crippen LogP contribution in [0, 0.1) is 11.8 Å². The summed E-state index contributed by atoms with van der Waals surface area (Å²) in [5.74, 6) is 1.92. The van der Waals surface area contributed by atoms with E-state index < -0.39 is 0 Å². The lowest BCUT2D eigenvalue weighted by Gasteiger charge is -2.35. The monoisotopic (exact) mass is 183 g/mol. The molecule has 2 heteroatoms. The Labute approximate surface area is 81.0 Å². The zero-order valence-electron chi connectivity index (χ0n) is 8.75. The molecule has 2 aliphatic rings. The van der Waals surface area contributed by atoms with E-state index in [9.17, 15) is 0 Å². The summed E-state index contributed by atoms with van der Waals surface area (Å²) in [5, 5.41) is 3.62. The van der Waals surface area contributed by atoms with Crippen LogP contribution < -0.4 is 5.32 Å². The molecule has 0 saturated heterocycles. The highest BCUT2D eigenvalue weighted by molar-refractivity contribution is 4.87. The summed E-state index contributed by atoms with van der Waals surface area (Å²) in [4.78, 5) is 0. The first-order valence-electron chi connectivity index (χ1n) is 5.55. The Kier molecular flexibility index (Phi) is 2.89. The van der Waals surface area contributed by atoms with Gasteiger partial charge in [-0.2, -0.15) is 0 Å². The topological polar surface area (TPSA) is 21.3 Å². The van der Waals surface area contributed by atoms with Crippen molar-refractivity contribution in [3.63, 3.8) is 0 Å². The molecule has 2 aliphatic carbocycles. The molecule has 2 nitrogen and oxygen atoms in total. The van der Waals surface area contributed by atoms with Crippen LogP contribution in [-0.4, -0.2) is 25.8 Å². The minimum atomic E-state index is 0.536. The van der Waals surface area contributed by atoms with Crippen molar-refractivity contribution in [2.75, 3.05) is 13.7 Å². The lowest BCUT2D eigenvalue weighted by atomic mass is 9.89. The normalized spacial score (nSPS) is 35.5. The van der Waals surface area contributed by atoms with Gasteiger partial charge in [0.05, 0.1) is 6.10 Å². The summed E-state index contributed by atoms with van der Waals surface area (Å²) >= 11 is 0. The molecule has 2 fully saturated rings. The van der Waals surface area contributed by atoms with Crippen LogP contribution in [0.2, 0.25) is 0 Å². The van der Waals surface area contributed by atoms with Gasteiger partial charge in [-0.25, -0.2) is 0 Å². The number of hydrogen-bond donors (Lipinski definition) is 1. The van der Waals surface area contributed by atoms with Crippen LogP contribution in [0.1, 0.15) is 32.6 Å². The maximum atomic E-state index is 5.24. The summed E-state index contributed by atoms with van der Waals surface area (Å²) < 4.78 is 5.24. The first kappa shape index (κ1) is 9.47. The fourth-order valence-electron chi connectivity index (χ4n) is 2.11. The summed E-state index contributed by atoms with van der Waals surface area (Å²) in [6.07, 6.45) is 5.90. The Morgan fingerprint density at radius 1 is 1.38 bits per heavy atom. The molecule has 0 aromatic rings. The molecule has 0 heterocycles. The van der Waals surface area contributed by atoms with Crippen LogP contribution >= 0.6 is 0 Å². The fraction of sp³-hybridized carbons (Fsp3) is 1.00. The Bertz CT molecular complexity index is 161. The lowest BCUT2D eigenvalue weighted by Crippen LogP contribution is -2.46. The second-order valence-corrected chi connectivity index (χ2v) is 4.75. The highest BCUT2D eigenvalue weighted by Gasteiger charge is 2.31. The minimum absolute atomic E-state index is 0.536. The van der Waals surface area contributed by atoms with E-state index in [1.165, 1.54) is 32.2 Å². The highest BCUT2D eigenvalue weighted by Crippen LogP contribution is 2.36. The molecule has 2 saturated carbocycles. The first-order chi connectivity index (χ1) is 6.29. The lowest BCUT2D eigenvalue weighted by molar-refractivity contribution is 0.0164. The van der Waals surface area contributed by atoms with Crippen LogP contribution in [0.15, 0.2) is 0 Å². The van der Waals surface area contributed by atoms with Crippen molar-refractivity contribution in [2.45, 2.75) is 44.8 Å². The van der Waals surface area contributed by atoms with E-state index in [0.29, 0.717) is 6.10 Å². The second-order valence-electron chi connectivity index (χ2n) is 4.75. The molecule has 0 aliphatic heterocycles.